The third-order valence-electron chi connectivity index (χ3n) is 3.86. The van der Waals surface area contributed by atoms with Crippen LogP contribution in [0.4, 0.5) is 0 Å². The average molecular weight is 327 g/mol. The van der Waals surface area contributed by atoms with Crippen LogP contribution in [-0.4, -0.2) is 45.3 Å². The summed E-state index contributed by atoms with van der Waals surface area (Å²) in [6.45, 7) is 1.47. The van der Waals surface area contributed by atoms with Gasteiger partial charge in [0.2, 0.25) is 11.7 Å². The van der Waals surface area contributed by atoms with Crippen molar-refractivity contribution in [3.63, 3.8) is 0 Å². The monoisotopic (exact) mass is 327 g/mol. The molecule has 0 atom stereocenters. The van der Waals surface area contributed by atoms with Gasteiger partial charge in [-0.05, 0) is 31.3 Å². The fourth-order valence-electron chi connectivity index (χ4n) is 2.41. The molecule has 0 amide bonds. The van der Waals surface area contributed by atoms with Gasteiger partial charge in [0, 0.05) is 38.0 Å². The molecule has 0 aliphatic rings. The first-order valence-corrected chi connectivity index (χ1v) is 7.77. The largest absolute Gasteiger partial charge is 0.497 e. The normalized spacial score (nSPS) is 11.2. The maximum absolute atomic E-state index is 5.35. The molecule has 0 unspecified atom stereocenters. The number of methoxy groups -OCH3 is 1. The molecule has 0 fully saturated rings. The number of nitrogens with zero attached hydrogens (tertiary/aromatic N) is 5. The maximum Gasteiger partial charge on any atom is 0.241 e. The van der Waals surface area contributed by atoms with Gasteiger partial charge in [-0.25, -0.2) is 4.98 Å². The lowest BCUT2D eigenvalue weighted by atomic mass is 10.2. The molecule has 1 aromatic carbocycles. The van der Waals surface area contributed by atoms with Crippen LogP contribution in [-0.2, 0) is 20.0 Å². The summed E-state index contributed by atoms with van der Waals surface area (Å²) < 4.78 is 12.5. The van der Waals surface area contributed by atoms with Crippen LogP contribution in [0.1, 0.15) is 11.7 Å². The van der Waals surface area contributed by atoms with Crippen molar-refractivity contribution in [3.8, 4) is 17.1 Å². The summed E-state index contributed by atoms with van der Waals surface area (Å²) in [6.07, 6.45) is 4.64. The van der Waals surface area contributed by atoms with Gasteiger partial charge in [0.05, 0.1) is 13.7 Å². The third-order valence-corrected chi connectivity index (χ3v) is 3.86. The van der Waals surface area contributed by atoms with Crippen molar-refractivity contribution >= 4 is 0 Å². The van der Waals surface area contributed by atoms with E-state index in [1.165, 1.54) is 0 Å². The highest BCUT2D eigenvalue weighted by atomic mass is 16.5. The van der Waals surface area contributed by atoms with E-state index in [4.69, 9.17) is 9.26 Å². The number of rotatable bonds is 7. The zero-order chi connectivity index (χ0) is 16.9. The molecule has 2 heterocycles. The highest BCUT2D eigenvalue weighted by Crippen LogP contribution is 2.19. The van der Waals surface area contributed by atoms with Crippen molar-refractivity contribution in [2.45, 2.75) is 13.0 Å². The molecule has 126 valence electrons. The molecule has 2 aromatic heterocycles. The van der Waals surface area contributed by atoms with Crippen LogP contribution in [0.3, 0.4) is 0 Å². The number of aryl methyl sites for hydroxylation is 1. The third kappa shape index (κ3) is 3.80. The quantitative estimate of drug-likeness (QED) is 0.662. The summed E-state index contributed by atoms with van der Waals surface area (Å²) in [5.41, 5.74) is 0.904. The van der Waals surface area contributed by atoms with Gasteiger partial charge in [-0.3, -0.25) is 4.90 Å². The Morgan fingerprint density at radius 2 is 2.04 bits per heavy atom. The number of hydrogen-bond acceptors (Lipinski definition) is 6. The molecule has 7 heteroatoms. The smallest absolute Gasteiger partial charge is 0.241 e. The van der Waals surface area contributed by atoms with E-state index in [2.05, 4.69) is 20.0 Å². The van der Waals surface area contributed by atoms with E-state index in [0.717, 1.165) is 30.1 Å². The number of aromatic nitrogens is 4. The fraction of sp³-hybridized carbons (Fsp3) is 0.353. The Kier molecular flexibility index (Phi) is 4.90. The van der Waals surface area contributed by atoms with E-state index in [9.17, 15) is 0 Å². The second kappa shape index (κ2) is 7.27. The van der Waals surface area contributed by atoms with E-state index in [0.29, 0.717) is 18.3 Å². The minimum absolute atomic E-state index is 0.588. The summed E-state index contributed by atoms with van der Waals surface area (Å²) in [4.78, 5) is 10.9. The lowest BCUT2D eigenvalue weighted by Crippen LogP contribution is -2.22. The van der Waals surface area contributed by atoms with Crippen molar-refractivity contribution in [3.05, 3.63) is 48.4 Å². The van der Waals surface area contributed by atoms with Crippen LogP contribution >= 0.6 is 0 Å². The summed E-state index contributed by atoms with van der Waals surface area (Å²) in [5.74, 6) is 3.05. The van der Waals surface area contributed by atoms with E-state index in [1.54, 1.807) is 7.11 Å². The van der Waals surface area contributed by atoms with Crippen molar-refractivity contribution < 1.29 is 9.26 Å². The Morgan fingerprint density at radius 1 is 1.25 bits per heavy atom. The van der Waals surface area contributed by atoms with Gasteiger partial charge in [0.1, 0.15) is 11.6 Å². The van der Waals surface area contributed by atoms with Gasteiger partial charge < -0.3 is 13.8 Å². The van der Waals surface area contributed by atoms with Crippen LogP contribution in [0.25, 0.3) is 11.4 Å². The summed E-state index contributed by atoms with van der Waals surface area (Å²) in [5, 5.41) is 4.05. The number of hydrogen-bond donors (Lipinski definition) is 0. The highest BCUT2D eigenvalue weighted by molar-refractivity contribution is 5.55. The molecular formula is C17H21N5O2. The zero-order valence-electron chi connectivity index (χ0n) is 14.1. The predicted octanol–water partition coefficient (Wildman–Crippen LogP) is 2.15. The lowest BCUT2D eigenvalue weighted by molar-refractivity contribution is 0.267. The Morgan fingerprint density at radius 3 is 2.71 bits per heavy atom. The molecule has 3 rings (SSSR count). The number of benzene rings is 1. The Labute approximate surface area is 140 Å². The molecule has 0 radical (unpaired) electrons. The predicted molar refractivity (Wildman–Crippen MR) is 89.5 cm³/mol. The molecule has 0 bridgehead atoms. The number of likely N-dealkylation sites (N-methyl/N-ethyl adjacent to an activating group) is 1. The Balaban J connectivity index is 1.57. The first kappa shape index (κ1) is 16.2. The Hall–Kier alpha value is -2.67. The minimum atomic E-state index is 0.588. The van der Waals surface area contributed by atoms with Crippen molar-refractivity contribution in [2.24, 2.45) is 7.05 Å². The van der Waals surface area contributed by atoms with Crippen molar-refractivity contribution in [2.75, 3.05) is 20.7 Å². The van der Waals surface area contributed by atoms with E-state index in [-0.39, 0.29) is 0 Å². The molecular weight excluding hydrogens is 306 g/mol. The van der Waals surface area contributed by atoms with Crippen LogP contribution in [0.5, 0.6) is 5.75 Å². The number of imidazole rings is 1. The molecule has 7 nitrogen and oxygen atoms in total. The molecule has 3 aromatic rings. The topological polar surface area (TPSA) is 69.2 Å². The molecule has 0 aliphatic carbocycles. The van der Waals surface area contributed by atoms with Gasteiger partial charge in [0.25, 0.3) is 0 Å². The standard InChI is InChI=1S/C17H21N5O2/c1-21(10-8-15-18-9-11-22(15)2)12-16-19-17(20-24-16)13-4-6-14(23-3)7-5-13/h4-7,9,11H,8,10,12H2,1-3H3. The first-order valence-electron chi connectivity index (χ1n) is 7.77. The fourth-order valence-corrected chi connectivity index (χ4v) is 2.41. The lowest BCUT2D eigenvalue weighted by Gasteiger charge is -2.13. The summed E-state index contributed by atoms with van der Waals surface area (Å²) >= 11 is 0. The SMILES string of the molecule is COc1ccc(-c2noc(CN(C)CCc3nccn3C)n2)cc1. The van der Waals surface area contributed by atoms with Crippen molar-refractivity contribution in [1.29, 1.82) is 0 Å². The zero-order valence-corrected chi connectivity index (χ0v) is 14.1. The molecule has 0 saturated heterocycles. The van der Waals surface area contributed by atoms with Gasteiger partial charge in [-0.2, -0.15) is 4.98 Å². The van der Waals surface area contributed by atoms with Gasteiger partial charge in [-0.1, -0.05) is 5.16 Å². The number of ether oxygens (including phenoxy) is 1. The molecule has 0 N–H and O–H groups in total. The Bertz CT molecular complexity index is 778. The van der Waals surface area contributed by atoms with Gasteiger partial charge in [0.15, 0.2) is 0 Å². The first-order chi connectivity index (χ1) is 11.7. The van der Waals surface area contributed by atoms with Crippen LogP contribution in [0.2, 0.25) is 0 Å². The van der Waals surface area contributed by atoms with Crippen LogP contribution in [0.15, 0.2) is 41.2 Å². The van der Waals surface area contributed by atoms with Gasteiger partial charge in [-0.15, -0.1) is 0 Å². The van der Waals surface area contributed by atoms with E-state index in [1.807, 2.05) is 55.3 Å². The maximum atomic E-state index is 5.35. The second-order valence-electron chi connectivity index (χ2n) is 5.68. The average Bonchev–Trinajstić information content (AvgIpc) is 3.22. The second-order valence-corrected chi connectivity index (χ2v) is 5.68. The van der Waals surface area contributed by atoms with E-state index >= 15 is 0 Å². The molecule has 24 heavy (non-hydrogen) atoms. The van der Waals surface area contributed by atoms with Gasteiger partial charge >= 0.3 is 0 Å². The summed E-state index contributed by atoms with van der Waals surface area (Å²) in [6, 6.07) is 7.59. The summed E-state index contributed by atoms with van der Waals surface area (Å²) in [7, 11) is 5.67. The molecule has 0 saturated carbocycles. The minimum Gasteiger partial charge on any atom is -0.497 e. The highest BCUT2D eigenvalue weighted by Gasteiger charge is 2.11. The van der Waals surface area contributed by atoms with E-state index < -0.39 is 0 Å². The molecule has 0 aliphatic heterocycles. The van der Waals surface area contributed by atoms with Crippen molar-refractivity contribution in [1.82, 2.24) is 24.6 Å². The molecule has 0 spiro atoms. The van der Waals surface area contributed by atoms with Crippen LogP contribution in [0, 0.1) is 0 Å². The van der Waals surface area contributed by atoms with Crippen LogP contribution < -0.4 is 4.74 Å².